The zero-order valence-electron chi connectivity index (χ0n) is 57.6. The maximum Gasteiger partial charge on any atom is 0.212 e. The van der Waals surface area contributed by atoms with Crippen LogP contribution in [0.4, 0.5) is 0 Å². The van der Waals surface area contributed by atoms with E-state index in [0.29, 0.717) is 0 Å². The average molecular weight is 984 g/mol. The Morgan fingerprint density at radius 3 is 1.19 bits per heavy atom. The Labute approximate surface area is 458 Å². The molecule has 0 aliphatic heterocycles. The van der Waals surface area contributed by atoms with Crippen LogP contribution >= 0.6 is 0 Å². The lowest BCUT2D eigenvalue weighted by Crippen LogP contribution is -2.32. The summed E-state index contributed by atoms with van der Waals surface area (Å²) in [5.74, 6) is -3.83. The number of hydrogen-bond acceptors (Lipinski definition) is 0. The lowest BCUT2D eigenvalue weighted by molar-refractivity contribution is -0.661. The van der Waals surface area contributed by atoms with E-state index in [-0.39, 0.29) is 22.3 Å². The number of fused-ring (bicyclic) bond motifs is 2. The maximum atomic E-state index is 8.48. The van der Waals surface area contributed by atoms with Gasteiger partial charge in [-0.25, -0.2) is 18.3 Å². The predicted octanol–water partition coefficient (Wildman–Crippen LogP) is 14.7. The van der Waals surface area contributed by atoms with Crippen LogP contribution in [0.5, 0.6) is 0 Å². The molecule has 0 fully saturated rings. The monoisotopic (exact) mass is 983 g/mol. The molecule has 378 valence electrons. The van der Waals surface area contributed by atoms with Gasteiger partial charge < -0.3 is 0 Å². The summed E-state index contributed by atoms with van der Waals surface area (Å²) in [5, 5.41) is 0. The van der Waals surface area contributed by atoms with Crippen LogP contribution in [0.2, 0.25) is 0 Å². The van der Waals surface area contributed by atoms with Crippen LogP contribution in [-0.4, -0.2) is 0 Å². The lowest BCUT2D eigenvalue weighted by Gasteiger charge is -2.15. The molecule has 0 bridgehead atoms. The fourth-order valence-electron chi connectivity index (χ4n) is 10.3. The Kier molecular flexibility index (Phi) is 13.6. The predicted molar refractivity (Wildman–Crippen MR) is 307 cm³/mol. The molecule has 4 heteroatoms. The van der Waals surface area contributed by atoms with Crippen molar-refractivity contribution >= 4 is 0 Å². The first kappa shape index (κ1) is 39.9. The highest BCUT2D eigenvalue weighted by Gasteiger charge is 2.23. The Hall–Kier alpha value is -6.52. The first-order valence-corrected chi connectivity index (χ1v) is 25.9. The molecule has 0 N–H and O–H groups in total. The standard InChI is InChI=1S/2C18H24N.C17H20N.C16H18N/c1-6-15-12-19(5)18(11-17(15)13(2)3)16-10-8-7-9-14(16)4;1-6-15-11-18(16-10-8-7-9-14(16)4)19(5)12-17(15)13(2)3;1-13-7-3-6-10-16(13)17-11-14-8-4-5-9-15(14)12-18(17)2;1-12-6-3-4-9-15(12)16-10-13-7-5-8-14(13)11-17(16)2/h2*7-13H,6H2,1-5H3;3,6-7,10-12H,4-5,8-9H2,1-2H3;3-4,6,9-11H,5,7-8H2,1-2H3/q4*+1/i2*2D3,6D2,13D;;. The third kappa shape index (κ3) is 13.0. The van der Waals surface area contributed by atoms with Gasteiger partial charge in [-0.3, -0.25) is 0 Å². The molecule has 8 aromatic rings. The van der Waals surface area contributed by atoms with E-state index in [9.17, 15) is 0 Å². The van der Waals surface area contributed by atoms with Gasteiger partial charge in [0.15, 0.2) is 24.8 Å². The Bertz CT molecular complexity index is 3700. The maximum absolute atomic E-state index is 8.48. The van der Waals surface area contributed by atoms with E-state index in [1.807, 2.05) is 62.4 Å². The minimum atomic E-state index is -2.57. The Morgan fingerprint density at radius 2 is 0.767 bits per heavy atom. The topological polar surface area (TPSA) is 15.5 Å². The van der Waals surface area contributed by atoms with Crippen molar-refractivity contribution in [3.8, 4) is 45.0 Å². The Morgan fingerprint density at radius 1 is 0.425 bits per heavy atom. The molecule has 2 atom stereocenters. The quantitative estimate of drug-likeness (QED) is 0.135. The van der Waals surface area contributed by atoms with E-state index < -0.39 is 38.2 Å². The highest BCUT2D eigenvalue weighted by Crippen LogP contribution is 2.30. The third-order valence-corrected chi connectivity index (χ3v) is 14.5. The van der Waals surface area contributed by atoms with Gasteiger partial charge in [-0.05, 0) is 166 Å². The first-order chi connectivity index (χ1) is 39.5. The number of hydrogen-bond donors (Lipinski definition) is 0. The van der Waals surface area contributed by atoms with E-state index in [1.54, 1.807) is 64.4 Å². The van der Waals surface area contributed by atoms with Gasteiger partial charge in [0, 0.05) is 85.2 Å². The van der Waals surface area contributed by atoms with E-state index in [4.69, 9.17) is 16.4 Å². The van der Waals surface area contributed by atoms with Crippen molar-refractivity contribution in [2.45, 2.75) is 139 Å². The highest BCUT2D eigenvalue weighted by atomic mass is 14.9. The molecular weight excluding hydrogens is 885 g/mol. The van der Waals surface area contributed by atoms with Crippen molar-refractivity contribution in [2.75, 3.05) is 0 Å². The zero-order chi connectivity index (χ0) is 62.8. The number of aromatic nitrogens is 4. The summed E-state index contributed by atoms with van der Waals surface area (Å²) in [4.78, 5) is 0. The average Bonchev–Trinajstić information content (AvgIpc) is 1.69. The molecule has 4 aromatic heterocycles. The van der Waals surface area contributed by atoms with Gasteiger partial charge >= 0.3 is 0 Å². The van der Waals surface area contributed by atoms with E-state index in [1.165, 1.54) is 112 Å². The molecule has 0 spiro atoms. The summed E-state index contributed by atoms with van der Waals surface area (Å²) in [6.45, 7) is 8.59. The normalized spacial score (nSPS) is 17.3. The molecule has 73 heavy (non-hydrogen) atoms. The molecule has 2 unspecified atom stereocenters. The second-order valence-electron chi connectivity index (χ2n) is 19.9. The summed E-state index contributed by atoms with van der Waals surface area (Å²) in [7, 11) is 7.91. The molecular formula is C69H86N4+4. The molecule has 0 amide bonds. The summed E-state index contributed by atoms with van der Waals surface area (Å²) >= 11 is 0. The summed E-state index contributed by atoms with van der Waals surface area (Å²) < 4.78 is 104. The molecule has 0 saturated carbocycles. The number of rotatable bonds is 8. The molecule has 4 heterocycles. The van der Waals surface area contributed by atoms with Crippen LogP contribution in [-0.2, 0) is 66.6 Å². The van der Waals surface area contributed by atoms with Crippen molar-refractivity contribution in [1.29, 1.82) is 0 Å². The van der Waals surface area contributed by atoms with Crippen molar-refractivity contribution in [2.24, 2.45) is 28.2 Å². The lowest BCUT2D eigenvalue weighted by atomic mass is 9.91. The van der Waals surface area contributed by atoms with Gasteiger partial charge in [-0.2, -0.15) is 0 Å². The van der Waals surface area contributed by atoms with Crippen molar-refractivity contribution < 1.29 is 34.7 Å². The molecule has 2 aliphatic carbocycles. The SMILES string of the molecule is Cc1ccccc1-c1cc2c(c[n+]1C)CCC2.Cc1ccccc1-c1cc2c(c[n+]1C)CCCC2.[2H]C([2H])(C)c1c[n+](C)c(-c2ccccc2C)cc1C([2H])(C)C([2H])([2H])[2H].[2H]C([2H])(C)c1cc(-c2ccccc2C)[n+](C)cc1C([2H])(C)C([2H])([2H])[2H]. The number of nitrogens with zero attached hydrogens (tertiary/aromatic N) is 4. The molecule has 4 nitrogen and oxygen atoms in total. The van der Waals surface area contributed by atoms with E-state index in [0.717, 1.165) is 33.6 Å². The van der Waals surface area contributed by atoms with Crippen LogP contribution in [0, 0.1) is 27.7 Å². The van der Waals surface area contributed by atoms with Gasteiger partial charge in [0.2, 0.25) is 22.8 Å². The summed E-state index contributed by atoms with van der Waals surface area (Å²) in [5.41, 5.74) is 20.6. The fraction of sp³-hybridized carbons (Fsp3) is 0.362. The minimum Gasteiger partial charge on any atom is -0.201 e. The fourth-order valence-corrected chi connectivity index (χ4v) is 10.3. The second kappa shape index (κ2) is 24.9. The number of aryl methyl sites for hydroxylation is 14. The largest absolute Gasteiger partial charge is 0.212 e. The molecule has 0 radical (unpaired) electrons. The molecule has 0 saturated heterocycles. The van der Waals surface area contributed by atoms with Crippen LogP contribution in [0.25, 0.3) is 45.0 Å². The third-order valence-electron chi connectivity index (χ3n) is 14.5. The summed E-state index contributed by atoms with van der Waals surface area (Å²) in [6, 6.07) is 40.9. The molecule has 4 aromatic carbocycles. The van der Waals surface area contributed by atoms with Gasteiger partial charge in [-0.15, -0.1) is 0 Å². The number of benzene rings is 4. The van der Waals surface area contributed by atoms with Crippen molar-refractivity contribution in [3.05, 3.63) is 213 Å². The van der Waals surface area contributed by atoms with Gasteiger partial charge in [0.25, 0.3) is 0 Å². The first-order valence-electron chi connectivity index (χ1n) is 31.9. The smallest absolute Gasteiger partial charge is 0.201 e. The minimum absolute atomic E-state index is 0.180. The zero-order valence-corrected chi connectivity index (χ0v) is 45.6. The summed E-state index contributed by atoms with van der Waals surface area (Å²) in [6.07, 6.45) is 13.3. The molecule has 10 rings (SSSR count). The van der Waals surface area contributed by atoms with Crippen LogP contribution in [0.15, 0.2) is 146 Å². The molecule has 2 aliphatic rings. The number of pyridine rings is 4. The highest BCUT2D eigenvalue weighted by molar-refractivity contribution is 5.64. The second-order valence-corrected chi connectivity index (χ2v) is 19.9. The van der Waals surface area contributed by atoms with E-state index in [2.05, 4.69) is 110 Å². The van der Waals surface area contributed by atoms with Gasteiger partial charge in [0.05, 0.1) is 0 Å². The van der Waals surface area contributed by atoms with Crippen LogP contribution in [0.3, 0.4) is 0 Å². The van der Waals surface area contributed by atoms with E-state index >= 15 is 0 Å². The van der Waals surface area contributed by atoms with Crippen LogP contribution in [0.1, 0.15) is 156 Å². The van der Waals surface area contributed by atoms with Crippen LogP contribution < -0.4 is 18.3 Å². The van der Waals surface area contributed by atoms with Gasteiger partial charge in [-0.1, -0.05) is 114 Å². The van der Waals surface area contributed by atoms with Crippen molar-refractivity contribution in [3.63, 3.8) is 0 Å². The Balaban J connectivity index is 0.000000164. The van der Waals surface area contributed by atoms with Crippen molar-refractivity contribution in [1.82, 2.24) is 0 Å². The van der Waals surface area contributed by atoms with Gasteiger partial charge in [0.1, 0.15) is 28.2 Å².